The number of aryl methyl sites for hydroxylation is 1. The molecule has 0 aromatic heterocycles. The van der Waals surface area contributed by atoms with E-state index < -0.39 is 0 Å². The smallest absolute Gasteiger partial charge is 0.123 e. The Kier molecular flexibility index (Phi) is 7.86. The fourth-order valence-electron chi connectivity index (χ4n) is 2.36. The van der Waals surface area contributed by atoms with Crippen LogP contribution in [0.1, 0.15) is 44.7 Å². The van der Waals surface area contributed by atoms with Crippen LogP contribution in [0.25, 0.3) is 0 Å². The molecule has 1 unspecified atom stereocenters. The molecule has 0 fully saturated rings. The molecule has 2 nitrogen and oxygen atoms in total. The van der Waals surface area contributed by atoms with E-state index in [1.54, 1.807) is 0 Å². The van der Waals surface area contributed by atoms with E-state index in [9.17, 15) is 0 Å². The first-order valence-corrected chi connectivity index (χ1v) is 8.54. The standard InChI is InChI=1S/C17H27Cl2NO/c1-6-20(8-7-18)14(5)11-21-17-9-13(4)16(19)10-15(17)12(2)3/h9-10,12,14H,6-8,11H2,1-5H3. The quantitative estimate of drug-likeness (QED) is 0.614. The van der Waals surface area contributed by atoms with Crippen molar-refractivity contribution in [2.24, 2.45) is 0 Å². The van der Waals surface area contributed by atoms with Crippen LogP contribution in [0.4, 0.5) is 0 Å². The summed E-state index contributed by atoms with van der Waals surface area (Å²) < 4.78 is 6.08. The Hall–Kier alpha value is -0.440. The molecule has 4 heteroatoms. The molecule has 0 bridgehead atoms. The van der Waals surface area contributed by atoms with Crippen molar-refractivity contribution in [3.63, 3.8) is 0 Å². The number of benzene rings is 1. The van der Waals surface area contributed by atoms with Crippen molar-refractivity contribution in [3.8, 4) is 5.75 Å². The predicted octanol–water partition coefficient (Wildman–Crippen LogP) is 5.10. The van der Waals surface area contributed by atoms with Crippen molar-refractivity contribution in [1.29, 1.82) is 0 Å². The van der Waals surface area contributed by atoms with E-state index in [-0.39, 0.29) is 0 Å². The van der Waals surface area contributed by atoms with E-state index in [0.717, 1.165) is 35.0 Å². The predicted molar refractivity (Wildman–Crippen MR) is 93.2 cm³/mol. The van der Waals surface area contributed by atoms with Crippen molar-refractivity contribution in [1.82, 2.24) is 4.90 Å². The molecule has 1 aromatic rings. The Bertz CT molecular complexity index is 449. The normalized spacial score (nSPS) is 13.0. The molecule has 0 saturated heterocycles. The highest BCUT2D eigenvalue weighted by molar-refractivity contribution is 6.31. The van der Waals surface area contributed by atoms with Crippen LogP contribution in [-0.4, -0.2) is 36.5 Å². The zero-order chi connectivity index (χ0) is 16.0. The van der Waals surface area contributed by atoms with E-state index in [1.807, 2.05) is 19.1 Å². The van der Waals surface area contributed by atoms with Gasteiger partial charge in [-0.2, -0.15) is 0 Å². The summed E-state index contributed by atoms with van der Waals surface area (Å²) in [7, 11) is 0. The number of hydrogen-bond donors (Lipinski definition) is 0. The van der Waals surface area contributed by atoms with Crippen LogP contribution in [0.5, 0.6) is 5.75 Å². The fraction of sp³-hybridized carbons (Fsp3) is 0.647. The second-order valence-electron chi connectivity index (χ2n) is 5.77. The lowest BCUT2D eigenvalue weighted by atomic mass is 10.0. The maximum Gasteiger partial charge on any atom is 0.123 e. The van der Waals surface area contributed by atoms with E-state index >= 15 is 0 Å². The van der Waals surface area contributed by atoms with Gasteiger partial charge >= 0.3 is 0 Å². The van der Waals surface area contributed by atoms with Gasteiger partial charge in [0.15, 0.2) is 0 Å². The molecular formula is C17H27Cl2NO. The first kappa shape index (κ1) is 18.6. The third kappa shape index (κ3) is 5.36. The first-order chi connectivity index (χ1) is 9.90. The number of hydrogen-bond acceptors (Lipinski definition) is 2. The van der Waals surface area contributed by atoms with Gasteiger partial charge in [0.1, 0.15) is 12.4 Å². The topological polar surface area (TPSA) is 12.5 Å². The zero-order valence-corrected chi connectivity index (χ0v) is 15.3. The van der Waals surface area contributed by atoms with Gasteiger partial charge in [-0.3, -0.25) is 4.90 Å². The van der Waals surface area contributed by atoms with Crippen molar-refractivity contribution in [3.05, 3.63) is 28.3 Å². The highest BCUT2D eigenvalue weighted by Crippen LogP contribution is 2.32. The fourth-order valence-corrected chi connectivity index (χ4v) is 2.75. The van der Waals surface area contributed by atoms with Gasteiger partial charge in [-0.15, -0.1) is 11.6 Å². The minimum absolute atomic E-state index is 0.338. The van der Waals surface area contributed by atoms with Crippen LogP contribution in [0.3, 0.4) is 0 Å². The SMILES string of the molecule is CCN(CCCl)C(C)COc1cc(C)c(Cl)cc1C(C)C. The molecule has 120 valence electrons. The van der Waals surface area contributed by atoms with Gasteiger partial charge in [0.25, 0.3) is 0 Å². The molecule has 0 aliphatic rings. The summed E-state index contributed by atoms with van der Waals surface area (Å²) in [6, 6.07) is 4.41. The highest BCUT2D eigenvalue weighted by Gasteiger charge is 2.15. The summed E-state index contributed by atoms with van der Waals surface area (Å²) in [5.41, 5.74) is 2.22. The van der Waals surface area contributed by atoms with Gasteiger partial charge < -0.3 is 4.74 Å². The third-order valence-electron chi connectivity index (χ3n) is 3.79. The number of halogens is 2. The average molecular weight is 332 g/mol. The molecule has 1 aromatic carbocycles. The monoisotopic (exact) mass is 331 g/mol. The average Bonchev–Trinajstić information content (AvgIpc) is 2.44. The van der Waals surface area contributed by atoms with Crippen molar-refractivity contribution < 1.29 is 4.74 Å². The van der Waals surface area contributed by atoms with Gasteiger partial charge in [-0.05, 0) is 49.6 Å². The van der Waals surface area contributed by atoms with Gasteiger partial charge in [0.05, 0.1) is 0 Å². The molecule has 0 spiro atoms. The number of alkyl halides is 1. The maximum atomic E-state index is 6.23. The van der Waals surface area contributed by atoms with E-state index in [4.69, 9.17) is 27.9 Å². The Labute approximate surface area is 139 Å². The number of ether oxygens (including phenoxy) is 1. The molecule has 0 heterocycles. The number of likely N-dealkylation sites (N-methyl/N-ethyl adjacent to an activating group) is 1. The molecule has 21 heavy (non-hydrogen) atoms. The van der Waals surface area contributed by atoms with Crippen molar-refractivity contribution in [2.45, 2.75) is 46.6 Å². The highest BCUT2D eigenvalue weighted by atomic mass is 35.5. The molecule has 0 aliphatic carbocycles. The lowest BCUT2D eigenvalue weighted by Gasteiger charge is -2.27. The minimum Gasteiger partial charge on any atom is -0.492 e. The van der Waals surface area contributed by atoms with Crippen LogP contribution in [0.15, 0.2) is 12.1 Å². The Balaban J connectivity index is 2.80. The number of nitrogens with zero attached hydrogens (tertiary/aromatic N) is 1. The largest absolute Gasteiger partial charge is 0.492 e. The van der Waals surface area contributed by atoms with Gasteiger partial charge in [-0.25, -0.2) is 0 Å². The summed E-state index contributed by atoms with van der Waals surface area (Å²) in [5.74, 6) is 1.98. The van der Waals surface area contributed by atoms with Crippen LogP contribution >= 0.6 is 23.2 Å². The van der Waals surface area contributed by atoms with Crippen molar-refractivity contribution in [2.75, 3.05) is 25.6 Å². The first-order valence-electron chi connectivity index (χ1n) is 7.63. The summed E-state index contributed by atoms with van der Waals surface area (Å²) in [5, 5.41) is 0.802. The molecule has 1 atom stereocenters. The third-order valence-corrected chi connectivity index (χ3v) is 4.37. The van der Waals surface area contributed by atoms with E-state index in [2.05, 4.69) is 32.6 Å². The van der Waals surface area contributed by atoms with Crippen LogP contribution < -0.4 is 4.74 Å². The van der Waals surface area contributed by atoms with Gasteiger partial charge in [0.2, 0.25) is 0 Å². The Morgan fingerprint density at radius 1 is 1.24 bits per heavy atom. The second-order valence-corrected chi connectivity index (χ2v) is 6.56. The summed E-state index contributed by atoms with van der Waals surface area (Å²) in [6.07, 6.45) is 0. The van der Waals surface area contributed by atoms with Crippen LogP contribution in [-0.2, 0) is 0 Å². The van der Waals surface area contributed by atoms with E-state index in [0.29, 0.717) is 24.4 Å². The Morgan fingerprint density at radius 3 is 2.43 bits per heavy atom. The van der Waals surface area contributed by atoms with Crippen molar-refractivity contribution >= 4 is 23.2 Å². The molecule has 0 aliphatic heterocycles. The molecule has 0 N–H and O–H groups in total. The van der Waals surface area contributed by atoms with Crippen LogP contribution in [0, 0.1) is 6.92 Å². The van der Waals surface area contributed by atoms with Gasteiger partial charge in [0, 0.05) is 23.5 Å². The summed E-state index contributed by atoms with van der Waals surface area (Å²) >= 11 is 12.1. The summed E-state index contributed by atoms with van der Waals surface area (Å²) in [4.78, 5) is 2.32. The Morgan fingerprint density at radius 2 is 1.90 bits per heavy atom. The molecule has 1 rings (SSSR count). The molecular weight excluding hydrogens is 305 g/mol. The lowest BCUT2D eigenvalue weighted by molar-refractivity contribution is 0.158. The lowest BCUT2D eigenvalue weighted by Crippen LogP contribution is -2.38. The maximum absolute atomic E-state index is 6.23. The molecule has 0 saturated carbocycles. The summed E-state index contributed by atoms with van der Waals surface area (Å²) in [6.45, 7) is 13.2. The molecule has 0 amide bonds. The number of rotatable bonds is 8. The van der Waals surface area contributed by atoms with E-state index in [1.165, 1.54) is 0 Å². The minimum atomic E-state index is 0.338. The molecule has 0 radical (unpaired) electrons. The van der Waals surface area contributed by atoms with Crippen LogP contribution in [0.2, 0.25) is 5.02 Å². The zero-order valence-electron chi connectivity index (χ0n) is 13.7. The second kappa shape index (κ2) is 8.87. The van der Waals surface area contributed by atoms with Gasteiger partial charge in [-0.1, -0.05) is 32.4 Å².